The molecular formula is C15H20N2O4. The summed E-state index contributed by atoms with van der Waals surface area (Å²) in [7, 11) is 1.41. The van der Waals surface area contributed by atoms with Gasteiger partial charge in [-0.1, -0.05) is 24.3 Å². The second-order valence-electron chi connectivity index (χ2n) is 5.09. The van der Waals surface area contributed by atoms with Crippen molar-refractivity contribution in [2.75, 3.05) is 20.3 Å². The number of nitrogens with zero attached hydrogens (tertiary/aromatic N) is 1. The number of carboxylic acid groups (broad SMARTS) is 1. The number of carbonyl (C=O) groups is 2. The van der Waals surface area contributed by atoms with E-state index in [-0.39, 0.29) is 12.6 Å². The average Bonchev–Trinajstić information content (AvgIpc) is 2.68. The van der Waals surface area contributed by atoms with Crippen LogP contribution in [0.5, 0.6) is 0 Å². The number of nitrogens with one attached hydrogen (secondary N) is 1. The highest BCUT2D eigenvalue weighted by atomic mass is 16.5. The van der Waals surface area contributed by atoms with E-state index in [1.54, 1.807) is 4.90 Å². The van der Waals surface area contributed by atoms with Gasteiger partial charge in [-0.2, -0.15) is 0 Å². The minimum absolute atomic E-state index is 0.0501. The molecule has 21 heavy (non-hydrogen) atoms. The van der Waals surface area contributed by atoms with Crippen LogP contribution in [0.2, 0.25) is 0 Å². The van der Waals surface area contributed by atoms with E-state index in [4.69, 9.17) is 9.84 Å². The van der Waals surface area contributed by atoms with Crippen LogP contribution >= 0.6 is 0 Å². The zero-order chi connectivity index (χ0) is 15.2. The van der Waals surface area contributed by atoms with E-state index >= 15 is 0 Å². The number of hydrogen-bond acceptors (Lipinski definition) is 3. The number of benzene rings is 1. The molecule has 0 bridgehead atoms. The minimum Gasteiger partial charge on any atom is -0.480 e. The monoisotopic (exact) mass is 292 g/mol. The van der Waals surface area contributed by atoms with E-state index in [1.165, 1.54) is 12.7 Å². The van der Waals surface area contributed by atoms with Crippen molar-refractivity contribution in [1.29, 1.82) is 0 Å². The molecule has 1 aliphatic rings. The van der Waals surface area contributed by atoms with Gasteiger partial charge in [0.05, 0.1) is 6.61 Å². The van der Waals surface area contributed by atoms with Crippen LogP contribution in [0.1, 0.15) is 17.5 Å². The molecule has 2 amide bonds. The van der Waals surface area contributed by atoms with Gasteiger partial charge in [0.15, 0.2) is 6.04 Å². The Hall–Kier alpha value is -2.08. The molecule has 1 atom stereocenters. The molecule has 2 rings (SSSR count). The molecule has 1 unspecified atom stereocenters. The smallest absolute Gasteiger partial charge is 0.328 e. The van der Waals surface area contributed by atoms with Gasteiger partial charge in [-0.25, -0.2) is 9.59 Å². The highest BCUT2D eigenvalue weighted by molar-refractivity contribution is 5.82. The molecule has 0 spiro atoms. The summed E-state index contributed by atoms with van der Waals surface area (Å²) in [4.78, 5) is 25.0. The number of aliphatic carboxylic acids is 1. The number of carboxylic acids is 1. The van der Waals surface area contributed by atoms with E-state index in [2.05, 4.69) is 11.4 Å². The molecule has 6 heteroatoms. The third-order valence-corrected chi connectivity index (χ3v) is 3.57. The van der Waals surface area contributed by atoms with Crippen molar-refractivity contribution in [2.24, 2.45) is 0 Å². The molecular weight excluding hydrogens is 272 g/mol. The lowest BCUT2D eigenvalue weighted by Crippen LogP contribution is -2.49. The van der Waals surface area contributed by atoms with Gasteiger partial charge in [0.25, 0.3) is 0 Å². The molecule has 0 aromatic heterocycles. The third-order valence-electron chi connectivity index (χ3n) is 3.57. The Balaban J connectivity index is 2.04. The number of ether oxygens (including phenoxy) is 1. The van der Waals surface area contributed by atoms with Gasteiger partial charge in [-0.15, -0.1) is 0 Å². The van der Waals surface area contributed by atoms with Gasteiger partial charge in [-0.3, -0.25) is 0 Å². The van der Waals surface area contributed by atoms with Gasteiger partial charge < -0.3 is 20.1 Å². The highest BCUT2D eigenvalue weighted by Crippen LogP contribution is 2.18. The first kappa shape index (κ1) is 15.3. The maximum atomic E-state index is 12.2. The summed E-state index contributed by atoms with van der Waals surface area (Å²) in [5.74, 6) is -1.10. The number of fused-ring (bicyclic) bond motifs is 1. The van der Waals surface area contributed by atoms with Crippen LogP contribution in [-0.4, -0.2) is 48.3 Å². The quantitative estimate of drug-likeness (QED) is 0.875. The predicted molar refractivity (Wildman–Crippen MR) is 77.0 cm³/mol. The third kappa shape index (κ3) is 3.95. The number of aryl methyl sites for hydroxylation is 1. The fraction of sp³-hybridized carbons (Fsp3) is 0.467. The maximum absolute atomic E-state index is 12.2. The zero-order valence-corrected chi connectivity index (χ0v) is 12.0. The van der Waals surface area contributed by atoms with Crippen LogP contribution < -0.4 is 5.32 Å². The van der Waals surface area contributed by atoms with Crippen molar-refractivity contribution >= 4 is 12.0 Å². The van der Waals surface area contributed by atoms with E-state index in [9.17, 15) is 9.59 Å². The molecule has 0 saturated carbocycles. The lowest BCUT2D eigenvalue weighted by atomic mass is 10.0. The van der Waals surface area contributed by atoms with Gasteiger partial charge >= 0.3 is 12.0 Å². The van der Waals surface area contributed by atoms with Crippen molar-refractivity contribution in [1.82, 2.24) is 10.2 Å². The topological polar surface area (TPSA) is 78.9 Å². The Kier molecular flexibility index (Phi) is 5.16. The molecule has 1 heterocycles. The van der Waals surface area contributed by atoms with Crippen molar-refractivity contribution in [2.45, 2.75) is 25.4 Å². The van der Waals surface area contributed by atoms with Crippen LogP contribution in [0.15, 0.2) is 24.3 Å². The van der Waals surface area contributed by atoms with E-state index in [0.717, 1.165) is 18.4 Å². The Bertz CT molecular complexity index is 518. The van der Waals surface area contributed by atoms with Crippen molar-refractivity contribution in [3.8, 4) is 0 Å². The Morgan fingerprint density at radius 2 is 2.10 bits per heavy atom. The number of urea groups is 1. The highest BCUT2D eigenvalue weighted by Gasteiger charge is 2.24. The molecule has 0 radical (unpaired) electrons. The molecule has 0 saturated heterocycles. The Morgan fingerprint density at radius 1 is 1.38 bits per heavy atom. The summed E-state index contributed by atoms with van der Waals surface area (Å²) in [5.41, 5.74) is 2.36. The molecule has 114 valence electrons. The first-order chi connectivity index (χ1) is 10.1. The molecule has 1 aliphatic heterocycles. The number of amides is 2. The van der Waals surface area contributed by atoms with Crippen LogP contribution in [-0.2, 0) is 22.5 Å². The summed E-state index contributed by atoms with van der Waals surface area (Å²) in [6.07, 6.45) is 1.80. The van der Waals surface area contributed by atoms with Gasteiger partial charge in [0.1, 0.15) is 0 Å². The summed E-state index contributed by atoms with van der Waals surface area (Å²) in [6, 6.07) is 6.63. The summed E-state index contributed by atoms with van der Waals surface area (Å²) < 4.78 is 4.82. The second kappa shape index (κ2) is 7.08. The lowest BCUT2D eigenvalue weighted by Gasteiger charge is -2.23. The largest absolute Gasteiger partial charge is 0.480 e. The summed E-state index contributed by atoms with van der Waals surface area (Å²) >= 11 is 0. The van der Waals surface area contributed by atoms with Crippen LogP contribution in [0.25, 0.3) is 0 Å². The van der Waals surface area contributed by atoms with E-state index < -0.39 is 12.0 Å². The summed E-state index contributed by atoms with van der Waals surface area (Å²) in [5, 5.41) is 11.6. The maximum Gasteiger partial charge on any atom is 0.328 e. The normalized spacial score (nSPS) is 15.8. The van der Waals surface area contributed by atoms with Gasteiger partial charge in [-0.05, 0) is 24.0 Å². The van der Waals surface area contributed by atoms with E-state index in [0.29, 0.717) is 13.1 Å². The first-order valence-corrected chi connectivity index (χ1v) is 6.95. The van der Waals surface area contributed by atoms with Gasteiger partial charge in [0.2, 0.25) is 0 Å². The standard InChI is InChI=1S/C15H20N2O4/c1-21-10-13(14(18)19)16-15(20)17-8-4-7-11-5-2-3-6-12(11)9-17/h2-3,5-6,13H,4,7-10H2,1H3,(H,16,20)(H,18,19). The van der Waals surface area contributed by atoms with E-state index in [1.807, 2.05) is 18.2 Å². The first-order valence-electron chi connectivity index (χ1n) is 6.95. The van der Waals surface area contributed by atoms with Crippen LogP contribution in [0.3, 0.4) is 0 Å². The molecule has 6 nitrogen and oxygen atoms in total. The van der Waals surface area contributed by atoms with Crippen LogP contribution in [0, 0.1) is 0 Å². The molecule has 2 N–H and O–H groups in total. The summed E-state index contributed by atoms with van der Waals surface area (Å²) in [6.45, 7) is 1.06. The number of carbonyl (C=O) groups excluding carboxylic acids is 1. The van der Waals surface area contributed by atoms with Crippen molar-refractivity contribution in [3.05, 3.63) is 35.4 Å². The molecule has 0 fully saturated rings. The average molecular weight is 292 g/mol. The number of hydrogen-bond donors (Lipinski definition) is 2. The molecule has 0 aliphatic carbocycles. The lowest BCUT2D eigenvalue weighted by molar-refractivity contribution is -0.140. The van der Waals surface area contributed by atoms with Crippen molar-refractivity contribution in [3.63, 3.8) is 0 Å². The second-order valence-corrected chi connectivity index (χ2v) is 5.09. The Morgan fingerprint density at radius 3 is 2.76 bits per heavy atom. The Labute approximate surface area is 123 Å². The minimum atomic E-state index is -1.10. The van der Waals surface area contributed by atoms with Crippen LogP contribution in [0.4, 0.5) is 4.79 Å². The van der Waals surface area contributed by atoms with Crippen molar-refractivity contribution < 1.29 is 19.4 Å². The van der Waals surface area contributed by atoms with Gasteiger partial charge in [0, 0.05) is 20.2 Å². The predicted octanol–water partition coefficient (Wildman–Crippen LogP) is 1.24. The zero-order valence-electron chi connectivity index (χ0n) is 12.0. The number of rotatable bonds is 4. The molecule has 1 aromatic carbocycles. The molecule has 1 aromatic rings. The number of methoxy groups -OCH3 is 1. The fourth-order valence-electron chi connectivity index (χ4n) is 2.46. The SMILES string of the molecule is COCC(NC(=O)N1CCCc2ccccc2C1)C(=O)O. The fourth-order valence-corrected chi connectivity index (χ4v) is 2.46.